The van der Waals surface area contributed by atoms with E-state index >= 15 is 0 Å². The third kappa shape index (κ3) is 2.27. The van der Waals surface area contributed by atoms with Gasteiger partial charge in [-0.05, 0) is 0 Å². The summed E-state index contributed by atoms with van der Waals surface area (Å²) in [5, 5.41) is 8.90. The van der Waals surface area contributed by atoms with Crippen LogP contribution >= 0.6 is 11.3 Å². The van der Waals surface area contributed by atoms with Gasteiger partial charge in [0.05, 0.1) is 5.69 Å². The Morgan fingerprint density at radius 3 is 2.48 bits per heavy atom. The van der Waals surface area contributed by atoms with Gasteiger partial charge in [-0.15, -0.1) is 0 Å². The van der Waals surface area contributed by atoms with Crippen molar-refractivity contribution in [3.63, 3.8) is 0 Å². The van der Waals surface area contributed by atoms with Gasteiger partial charge in [0.15, 0.2) is 10.7 Å². The highest BCUT2D eigenvalue weighted by atomic mass is 32.1. The Kier molecular flexibility index (Phi) is 2.98. The zero-order valence-corrected chi connectivity index (χ0v) is 11.1. The smallest absolute Gasteiger partial charge is 0.433 e. The fraction of sp³-hybridized carbons (Fsp3) is 0.0769. The molecule has 0 aliphatic rings. The molecule has 0 fully saturated rings. The molecule has 4 nitrogen and oxygen atoms in total. The van der Waals surface area contributed by atoms with Gasteiger partial charge in [0.1, 0.15) is 4.88 Å². The summed E-state index contributed by atoms with van der Waals surface area (Å²) in [7, 11) is 0. The summed E-state index contributed by atoms with van der Waals surface area (Å²) in [6, 6.07) is 8.72. The van der Waals surface area contributed by atoms with Crippen LogP contribution in [-0.4, -0.2) is 20.5 Å². The highest BCUT2D eigenvalue weighted by Crippen LogP contribution is 2.37. The minimum Gasteiger partial charge on any atom is -0.477 e. The number of hydrogen-bond acceptors (Lipinski definition) is 3. The molecule has 21 heavy (non-hydrogen) atoms. The second kappa shape index (κ2) is 4.59. The van der Waals surface area contributed by atoms with Crippen LogP contribution in [0.4, 0.5) is 13.2 Å². The number of alkyl halides is 3. The van der Waals surface area contributed by atoms with Crippen molar-refractivity contribution in [3.05, 3.63) is 47.1 Å². The average molecular weight is 312 g/mol. The summed E-state index contributed by atoms with van der Waals surface area (Å²) < 4.78 is 40.0. The maximum absolute atomic E-state index is 13.1. The summed E-state index contributed by atoms with van der Waals surface area (Å²) in [6.07, 6.45) is -3.56. The summed E-state index contributed by atoms with van der Waals surface area (Å²) in [5.41, 5.74) is -0.174. The summed E-state index contributed by atoms with van der Waals surface area (Å²) in [6.45, 7) is 0. The minimum absolute atomic E-state index is 0.00132. The number of thiazole rings is 1. The molecule has 0 aliphatic heterocycles. The molecule has 0 spiro atoms. The first-order valence-electron chi connectivity index (χ1n) is 5.75. The molecule has 0 aliphatic carbocycles. The van der Waals surface area contributed by atoms with E-state index in [1.807, 2.05) is 0 Å². The Morgan fingerprint density at radius 2 is 1.90 bits per heavy atom. The summed E-state index contributed by atoms with van der Waals surface area (Å²) >= 11 is 0.507. The van der Waals surface area contributed by atoms with E-state index < -0.39 is 22.7 Å². The molecule has 108 valence electrons. The standard InChI is InChI=1S/C13H7F3N2O2S/c14-13(15,16)10-9(11(19)20)21-12-17-8(6-18(10)12)7-4-2-1-3-5-7/h1-6H,(H,19,20). The van der Waals surface area contributed by atoms with Crippen LogP contribution in [0, 0.1) is 0 Å². The van der Waals surface area contributed by atoms with Gasteiger partial charge in [0, 0.05) is 11.8 Å². The molecule has 2 heterocycles. The van der Waals surface area contributed by atoms with Crippen LogP contribution in [0.2, 0.25) is 0 Å². The highest BCUT2D eigenvalue weighted by molar-refractivity contribution is 7.19. The number of aromatic carboxylic acids is 1. The van der Waals surface area contributed by atoms with E-state index in [2.05, 4.69) is 4.98 Å². The average Bonchev–Trinajstić information content (AvgIpc) is 2.95. The van der Waals surface area contributed by atoms with Crippen LogP contribution in [0.1, 0.15) is 15.4 Å². The van der Waals surface area contributed by atoms with E-state index in [1.165, 1.54) is 6.20 Å². The molecule has 0 bridgehead atoms. The van der Waals surface area contributed by atoms with Gasteiger partial charge >= 0.3 is 12.1 Å². The van der Waals surface area contributed by atoms with E-state index in [4.69, 9.17) is 5.11 Å². The van der Waals surface area contributed by atoms with Crippen LogP contribution in [0.25, 0.3) is 16.2 Å². The second-order valence-electron chi connectivity index (χ2n) is 4.23. The molecule has 1 N–H and O–H groups in total. The van der Waals surface area contributed by atoms with E-state index in [9.17, 15) is 18.0 Å². The normalized spacial score (nSPS) is 12.0. The van der Waals surface area contributed by atoms with Gasteiger partial charge in [-0.2, -0.15) is 13.2 Å². The zero-order chi connectivity index (χ0) is 15.2. The van der Waals surface area contributed by atoms with Crippen LogP contribution in [-0.2, 0) is 6.18 Å². The first kappa shape index (κ1) is 13.6. The third-order valence-electron chi connectivity index (χ3n) is 2.86. The second-order valence-corrected chi connectivity index (χ2v) is 5.20. The van der Waals surface area contributed by atoms with Crippen molar-refractivity contribution in [2.75, 3.05) is 0 Å². The number of imidazole rings is 1. The minimum atomic E-state index is -4.76. The largest absolute Gasteiger partial charge is 0.477 e. The van der Waals surface area contributed by atoms with Crippen molar-refractivity contribution >= 4 is 22.3 Å². The lowest BCUT2D eigenvalue weighted by Crippen LogP contribution is -2.13. The monoisotopic (exact) mass is 312 g/mol. The van der Waals surface area contributed by atoms with Crippen molar-refractivity contribution in [1.82, 2.24) is 9.38 Å². The Balaban J connectivity index is 2.24. The number of carboxylic acids is 1. The first-order valence-corrected chi connectivity index (χ1v) is 6.57. The molecule has 1 aromatic carbocycles. The van der Waals surface area contributed by atoms with E-state index in [0.717, 1.165) is 4.40 Å². The summed E-state index contributed by atoms with van der Waals surface area (Å²) in [4.78, 5) is 14.3. The van der Waals surface area contributed by atoms with Gasteiger partial charge in [-0.3, -0.25) is 4.40 Å². The lowest BCUT2D eigenvalue weighted by molar-refractivity contribution is -0.142. The number of rotatable bonds is 2. The Morgan fingerprint density at radius 1 is 1.24 bits per heavy atom. The number of fused-ring (bicyclic) bond motifs is 1. The lowest BCUT2D eigenvalue weighted by atomic mass is 10.2. The van der Waals surface area contributed by atoms with E-state index in [-0.39, 0.29) is 4.96 Å². The van der Waals surface area contributed by atoms with E-state index in [1.54, 1.807) is 30.3 Å². The number of halogens is 3. The molecule has 3 rings (SSSR count). The molecule has 0 radical (unpaired) electrons. The number of carbonyl (C=O) groups is 1. The first-order chi connectivity index (χ1) is 9.88. The zero-order valence-electron chi connectivity index (χ0n) is 10.3. The van der Waals surface area contributed by atoms with Gasteiger partial charge in [-0.1, -0.05) is 41.7 Å². The molecular formula is C13H7F3N2O2S. The molecule has 0 saturated heterocycles. The molecule has 0 unspecified atom stereocenters. The van der Waals surface area contributed by atoms with Crippen LogP contribution < -0.4 is 0 Å². The molecule has 0 atom stereocenters. The van der Waals surface area contributed by atoms with Crippen molar-refractivity contribution in [1.29, 1.82) is 0 Å². The molecule has 2 aromatic heterocycles. The van der Waals surface area contributed by atoms with Crippen molar-refractivity contribution in [2.45, 2.75) is 6.18 Å². The van der Waals surface area contributed by atoms with E-state index in [0.29, 0.717) is 22.6 Å². The Labute approximate surface area is 120 Å². The SMILES string of the molecule is O=C(O)c1sc2nc(-c3ccccc3)cn2c1C(F)(F)F. The van der Waals surface area contributed by atoms with Crippen molar-refractivity contribution in [2.24, 2.45) is 0 Å². The fourth-order valence-electron chi connectivity index (χ4n) is 2.00. The lowest BCUT2D eigenvalue weighted by Gasteiger charge is -2.06. The van der Waals surface area contributed by atoms with Crippen molar-refractivity contribution in [3.8, 4) is 11.3 Å². The molecule has 8 heteroatoms. The molecule has 0 saturated carbocycles. The van der Waals surface area contributed by atoms with Crippen molar-refractivity contribution < 1.29 is 23.1 Å². The quantitative estimate of drug-likeness (QED) is 0.783. The van der Waals surface area contributed by atoms with Gasteiger partial charge in [0.2, 0.25) is 0 Å². The molecular weight excluding hydrogens is 305 g/mol. The van der Waals surface area contributed by atoms with Crippen LogP contribution in [0.15, 0.2) is 36.5 Å². The maximum atomic E-state index is 13.1. The maximum Gasteiger partial charge on any atom is 0.433 e. The molecule has 3 aromatic rings. The summed E-state index contributed by atoms with van der Waals surface area (Å²) in [5.74, 6) is -1.61. The Hall–Kier alpha value is -2.35. The van der Waals surface area contributed by atoms with Gasteiger partial charge < -0.3 is 5.11 Å². The molecule has 0 amide bonds. The van der Waals surface area contributed by atoms with Crippen LogP contribution in [0.3, 0.4) is 0 Å². The van der Waals surface area contributed by atoms with Gasteiger partial charge in [0.25, 0.3) is 0 Å². The fourth-order valence-corrected chi connectivity index (χ4v) is 2.97. The predicted molar refractivity (Wildman–Crippen MR) is 70.5 cm³/mol. The highest BCUT2D eigenvalue weighted by Gasteiger charge is 2.40. The number of nitrogens with zero attached hydrogens (tertiary/aromatic N) is 2. The Bertz CT molecular complexity index is 821. The van der Waals surface area contributed by atoms with Gasteiger partial charge in [-0.25, -0.2) is 9.78 Å². The van der Waals surface area contributed by atoms with Crippen LogP contribution in [0.5, 0.6) is 0 Å². The third-order valence-corrected chi connectivity index (χ3v) is 3.90. The topological polar surface area (TPSA) is 54.6 Å². The predicted octanol–water partition coefficient (Wildman–Crippen LogP) is 3.78. The number of benzene rings is 1. The number of aromatic nitrogens is 2. The number of hydrogen-bond donors (Lipinski definition) is 1. The number of carboxylic acid groups (broad SMARTS) is 1.